The van der Waals surface area contributed by atoms with Crippen molar-refractivity contribution in [1.82, 2.24) is 0 Å². The SMILES string of the molecule is O=C(O)CC(=O)O.[CH2-]CCCCCCCCCC.[H-].[Li+].[Na+]. The summed E-state index contributed by atoms with van der Waals surface area (Å²) in [6.07, 6.45) is 11.6. The second-order valence-corrected chi connectivity index (χ2v) is 4.29. The Kier molecular flexibility index (Phi) is 35.2. The van der Waals surface area contributed by atoms with Crippen molar-refractivity contribution in [2.24, 2.45) is 0 Å². The van der Waals surface area contributed by atoms with E-state index >= 15 is 0 Å². The minimum Gasteiger partial charge on any atom is -1.00 e. The van der Waals surface area contributed by atoms with Gasteiger partial charge in [-0.1, -0.05) is 58.3 Å². The van der Waals surface area contributed by atoms with E-state index < -0.39 is 18.4 Å². The Balaban J connectivity index is -0.0000000762. The number of aliphatic carboxylic acids is 2. The largest absolute Gasteiger partial charge is 1.00 e. The van der Waals surface area contributed by atoms with Crippen LogP contribution in [-0.2, 0) is 9.59 Å². The van der Waals surface area contributed by atoms with Crippen molar-refractivity contribution >= 4 is 11.9 Å². The molecule has 0 aliphatic rings. The summed E-state index contributed by atoms with van der Waals surface area (Å²) in [6.45, 7) is 6.10. The molecule has 0 bridgehead atoms. The van der Waals surface area contributed by atoms with Crippen LogP contribution in [0.25, 0.3) is 0 Å². The van der Waals surface area contributed by atoms with Gasteiger partial charge in [-0.25, -0.2) is 0 Å². The minimum atomic E-state index is -1.31. The molecule has 0 amide bonds. The molecule has 0 fully saturated rings. The van der Waals surface area contributed by atoms with Crippen LogP contribution in [0, 0.1) is 6.92 Å². The van der Waals surface area contributed by atoms with Gasteiger partial charge < -0.3 is 18.6 Å². The minimum absolute atomic E-state index is 0. The van der Waals surface area contributed by atoms with Crippen molar-refractivity contribution in [1.29, 1.82) is 0 Å². The summed E-state index contributed by atoms with van der Waals surface area (Å²) in [5.41, 5.74) is 0. The van der Waals surface area contributed by atoms with Crippen LogP contribution in [0.1, 0.15) is 72.6 Å². The van der Waals surface area contributed by atoms with Crippen LogP contribution in [0.3, 0.4) is 0 Å². The van der Waals surface area contributed by atoms with Gasteiger partial charge in [-0.2, -0.15) is 6.42 Å². The van der Waals surface area contributed by atoms with Gasteiger partial charge in [0.15, 0.2) is 0 Å². The van der Waals surface area contributed by atoms with E-state index in [1.54, 1.807) is 0 Å². The topological polar surface area (TPSA) is 74.6 Å². The third-order valence-corrected chi connectivity index (χ3v) is 2.41. The Morgan fingerprint density at radius 1 is 0.900 bits per heavy atom. The first-order chi connectivity index (χ1) is 8.54. The molecule has 0 saturated heterocycles. The number of unbranched alkanes of at least 4 members (excludes halogenated alkanes) is 8. The fraction of sp³-hybridized carbons (Fsp3) is 0.786. The van der Waals surface area contributed by atoms with Gasteiger partial charge in [0.25, 0.3) is 0 Å². The van der Waals surface area contributed by atoms with Gasteiger partial charge in [0.2, 0.25) is 0 Å². The van der Waals surface area contributed by atoms with Crippen molar-refractivity contribution in [2.75, 3.05) is 0 Å². The maximum atomic E-state index is 9.43. The molecule has 0 aromatic rings. The number of hydrogen-bond donors (Lipinski definition) is 2. The monoisotopic (exact) mass is 290 g/mol. The molecule has 0 aliphatic carbocycles. The molecule has 2 N–H and O–H groups in total. The molecular weight excluding hydrogens is 262 g/mol. The summed E-state index contributed by atoms with van der Waals surface area (Å²) >= 11 is 0. The second-order valence-electron chi connectivity index (χ2n) is 4.29. The molecule has 0 spiro atoms. The Hall–Kier alpha value is 0.537. The van der Waals surface area contributed by atoms with Crippen molar-refractivity contribution < 1.29 is 69.6 Å². The number of carboxylic acid groups (broad SMARTS) is 2. The second kappa shape index (κ2) is 24.5. The van der Waals surface area contributed by atoms with E-state index in [0.717, 1.165) is 6.42 Å². The summed E-state index contributed by atoms with van der Waals surface area (Å²) in [5.74, 6) is -2.62. The average Bonchev–Trinajstić information content (AvgIpc) is 2.27. The molecule has 20 heavy (non-hydrogen) atoms. The van der Waals surface area contributed by atoms with E-state index in [2.05, 4.69) is 13.8 Å². The van der Waals surface area contributed by atoms with Gasteiger partial charge in [-0.3, -0.25) is 9.59 Å². The van der Waals surface area contributed by atoms with E-state index in [1.807, 2.05) is 0 Å². The fourth-order valence-corrected chi connectivity index (χ4v) is 1.44. The van der Waals surface area contributed by atoms with Crippen LogP contribution in [0.5, 0.6) is 0 Å². The predicted octanol–water partition coefficient (Wildman–Crippen LogP) is -1.98. The number of carbonyl (C=O) groups is 2. The van der Waals surface area contributed by atoms with E-state index in [4.69, 9.17) is 10.2 Å². The zero-order valence-electron chi connectivity index (χ0n) is 14.5. The standard InChI is InChI=1S/C11H23.C3H4O4.Li.Na.H/c1-3-5-7-9-11-10-8-6-4-2;4-2(5)1-3(6)7;;;/h1,3-11H2,2H3;1H2,(H,4,5)(H,6,7);;;/q-1;;2*+1;-1. The summed E-state index contributed by atoms with van der Waals surface area (Å²) in [6, 6.07) is 0. The van der Waals surface area contributed by atoms with Gasteiger partial charge >= 0.3 is 60.4 Å². The van der Waals surface area contributed by atoms with E-state index in [1.165, 1.54) is 51.4 Å². The average molecular weight is 290 g/mol. The number of rotatable bonds is 10. The molecule has 0 aromatic carbocycles. The van der Waals surface area contributed by atoms with Crippen molar-refractivity contribution in [3.8, 4) is 0 Å². The zero-order valence-corrected chi connectivity index (χ0v) is 15.5. The molecule has 0 heterocycles. The summed E-state index contributed by atoms with van der Waals surface area (Å²) in [7, 11) is 0. The van der Waals surface area contributed by atoms with Crippen LogP contribution >= 0.6 is 0 Å². The smallest absolute Gasteiger partial charge is 1.00 e. The molecule has 0 unspecified atom stereocenters. The molecule has 0 saturated carbocycles. The quantitative estimate of drug-likeness (QED) is 0.212. The molecular formula is C14H28LiNaO4. The Morgan fingerprint density at radius 2 is 1.25 bits per heavy atom. The van der Waals surface area contributed by atoms with Crippen molar-refractivity contribution in [2.45, 2.75) is 71.1 Å². The van der Waals surface area contributed by atoms with Gasteiger partial charge in [0.05, 0.1) is 0 Å². The third-order valence-electron chi connectivity index (χ3n) is 2.41. The summed E-state index contributed by atoms with van der Waals surface area (Å²) in [5, 5.41) is 15.4. The fourth-order valence-electron chi connectivity index (χ4n) is 1.44. The Labute approximate surface area is 159 Å². The van der Waals surface area contributed by atoms with Crippen molar-refractivity contribution in [3.63, 3.8) is 0 Å². The third kappa shape index (κ3) is 36.3. The molecule has 6 heteroatoms. The van der Waals surface area contributed by atoms with Crippen LogP contribution in [-0.4, -0.2) is 22.2 Å². The van der Waals surface area contributed by atoms with E-state index in [0.29, 0.717) is 0 Å². The predicted molar refractivity (Wildman–Crippen MR) is 73.6 cm³/mol. The number of hydrogen-bond acceptors (Lipinski definition) is 2. The first-order valence-corrected chi connectivity index (χ1v) is 6.77. The van der Waals surface area contributed by atoms with E-state index in [-0.39, 0.29) is 49.8 Å². The van der Waals surface area contributed by atoms with Crippen LogP contribution in [0.15, 0.2) is 0 Å². The van der Waals surface area contributed by atoms with Gasteiger partial charge in [-0.15, -0.1) is 0 Å². The Morgan fingerprint density at radius 3 is 1.50 bits per heavy atom. The molecule has 0 atom stereocenters. The zero-order chi connectivity index (χ0) is 14.2. The summed E-state index contributed by atoms with van der Waals surface area (Å²) < 4.78 is 0. The number of carboxylic acids is 2. The van der Waals surface area contributed by atoms with Crippen molar-refractivity contribution in [3.05, 3.63) is 6.92 Å². The molecule has 4 nitrogen and oxygen atoms in total. The van der Waals surface area contributed by atoms with Gasteiger partial charge in [-0.05, 0) is 0 Å². The maximum absolute atomic E-state index is 9.43. The molecule has 110 valence electrons. The first-order valence-electron chi connectivity index (χ1n) is 6.77. The summed E-state index contributed by atoms with van der Waals surface area (Å²) in [4.78, 5) is 18.9. The molecule has 0 rings (SSSR count). The van der Waals surface area contributed by atoms with Gasteiger partial charge in [0.1, 0.15) is 6.42 Å². The molecule has 0 aromatic heterocycles. The maximum Gasteiger partial charge on any atom is 1.00 e. The van der Waals surface area contributed by atoms with Crippen LogP contribution < -0.4 is 48.4 Å². The molecule has 0 radical (unpaired) electrons. The van der Waals surface area contributed by atoms with E-state index in [9.17, 15) is 9.59 Å². The van der Waals surface area contributed by atoms with Gasteiger partial charge in [0, 0.05) is 0 Å². The molecule has 0 aliphatic heterocycles. The van der Waals surface area contributed by atoms with Crippen LogP contribution in [0.4, 0.5) is 0 Å². The Bertz CT molecular complexity index is 199. The van der Waals surface area contributed by atoms with Crippen LogP contribution in [0.2, 0.25) is 0 Å². The normalized spacial score (nSPS) is 8.50. The first kappa shape index (κ1) is 28.7.